The molecule has 0 unspecified atom stereocenters. The number of rotatable bonds is 5. The molecule has 29 heavy (non-hydrogen) atoms. The summed E-state index contributed by atoms with van der Waals surface area (Å²) in [7, 11) is 3.21. The number of carbonyl (C=O) groups excluding carboxylic acids is 1. The normalized spacial score (nSPS) is 15.9. The number of halogens is 1. The number of hydrogen-bond donors (Lipinski definition) is 0. The van der Waals surface area contributed by atoms with E-state index >= 15 is 0 Å². The Morgan fingerprint density at radius 3 is 2.45 bits per heavy atom. The van der Waals surface area contributed by atoms with Gasteiger partial charge < -0.3 is 9.47 Å². The number of ether oxygens (including phenoxy) is 2. The van der Waals surface area contributed by atoms with E-state index in [-0.39, 0.29) is 11.9 Å². The van der Waals surface area contributed by atoms with Gasteiger partial charge in [-0.2, -0.15) is 5.10 Å². The first-order valence-electron chi connectivity index (χ1n) is 9.03. The van der Waals surface area contributed by atoms with Gasteiger partial charge in [0, 0.05) is 23.1 Å². The molecular weight excluding hydrogens is 408 g/mol. The zero-order valence-corrected chi connectivity index (χ0v) is 17.5. The summed E-state index contributed by atoms with van der Waals surface area (Å²) >= 11 is 7.86. The third-order valence-corrected chi connectivity index (χ3v) is 6.00. The Hall–Kier alpha value is -2.83. The number of nitrogens with zero attached hydrogens (tertiary/aromatic N) is 2. The van der Waals surface area contributed by atoms with Crippen molar-refractivity contribution in [1.82, 2.24) is 5.01 Å². The molecule has 0 spiro atoms. The zero-order valence-electron chi connectivity index (χ0n) is 16.0. The van der Waals surface area contributed by atoms with Crippen molar-refractivity contribution >= 4 is 34.6 Å². The quantitative estimate of drug-likeness (QED) is 0.548. The zero-order chi connectivity index (χ0) is 20.4. The van der Waals surface area contributed by atoms with Crippen LogP contribution in [0.15, 0.2) is 65.1 Å². The van der Waals surface area contributed by atoms with Gasteiger partial charge in [0.15, 0.2) is 0 Å². The first-order chi connectivity index (χ1) is 14.1. The Morgan fingerprint density at radius 2 is 1.83 bits per heavy atom. The van der Waals surface area contributed by atoms with E-state index in [1.165, 1.54) is 16.3 Å². The lowest BCUT2D eigenvalue weighted by atomic mass is 9.98. The van der Waals surface area contributed by atoms with Gasteiger partial charge in [-0.1, -0.05) is 35.9 Å². The SMILES string of the molecule is COc1cc(OC)cc(C2=NN(C(=O)c3cccs3)[C@@H](c3ccccc3Cl)C2)c1. The first kappa shape index (κ1) is 19.5. The number of thiophene rings is 1. The lowest BCUT2D eigenvalue weighted by Gasteiger charge is -2.22. The average molecular weight is 427 g/mol. The van der Waals surface area contributed by atoms with Crippen LogP contribution in [0.3, 0.4) is 0 Å². The highest BCUT2D eigenvalue weighted by atomic mass is 35.5. The molecule has 5 nitrogen and oxygen atoms in total. The number of hydrazone groups is 1. The van der Waals surface area contributed by atoms with E-state index in [4.69, 9.17) is 26.2 Å². The second-order valence-electron chi connectivity index (χ2n) is 6.52. The Kier molecular flexibility index (Phi) is 5.56. The van der Waals surface area contributed by atoms with Crippen LogP contribution in [0.5, 0.6) is 11.5 Å². The highest BCUT2D eigenvalue weighted by Gasteiger charge is 2.35. The summed E-state index contributed by atoms with van der Waals surface area (Å²) in [6, 6.07) is 16.5. The Labute approximate surface area is 178 Å². The van der Waals surface area contributed by atoms with Gasteiger partial charge in [-0.25, -0.2) is 5.01 Å². The van der Waals surface area contributed by atoms with Gasteiger partial charge in [0.25, 0.3) is 5.91 Å². The monoisotopic (exact) mass is 426 g/mol. The molecule has 1 aliphatic rings. The lowest BCUT2D eigenvalue weighted by Crippen LogP contribution is -2.26. The van der Waals surface area contributed by atoms with Crippen LogP contribution in [-0.4, -0.2) is 30.8 Å². The molecule has 0 radical (unpaired) electrons. The van der Waals surface area contributed by atoms with Gasteiger partial charge in [-0.15, -0.1) is 11.3 Å². The molecule has 0 aliphatic carbocycles. The molecule has 0 bridgehead atoms. The molecular formula is C22H19ClN2O3S. The minimum Gasteiger partial charge on any atom is -0.497 e. The molecule has 7 heteroatoms. The molecule has 1 atom stereocenters. The van der Waals surface area contributed by atoms with Gasteiger partial charge >= 0.3 is 0 Å². The maximum Gasteiger partial charge on any atom is 0.284 e. The third-order valence-electron chi connectivity index (χ3n) is 4.80. The van der Waals surface area contributed by atoms with Crippen molar-refractivity contribution in [1.29, 1.82) is 0 Å². The molecule has 0 saturated carbocycles. The van der Waals surface area contributed by atoms with Crippen LogP contribution in [0.2, 0.25) is 5.02 Å². The van der Waals surface area contributed by atoms with Crippen molar-refractivity contribution in [2.45, 2.75) is 12.5 Å². The van der Waals surface area contributed by atoms with E-state index in [9.17, 15) is 4.79 Å². The van der Waals surface area contributed by atoms with Crippen molar-refractivity contribution in [2.24, 2.45) is 5.10 Å². The predicted molar refractivity (Wildman–Crippen MR) is 115 cm³/mol. The van der Waals surface area contributed by atoms with Gasteiger partial charge in [0.1, 0.15) is 11.5 Å². The summed E-state index contributed by atoms with van der Waals surface area (Å²) in [6.45, 7) is 0. The summed E-state index contributed by atoms with van der Waals surface area (Å²) in [5.74, 6) is 1.19. The standard InChI is InChI=1S/C22H19ClN2O3S/c1-27-15-10-14(11-16(12-15)28-2)19-13-20(17-6-3-4-7-18(17)23)25(24-19)22(26)21-8-5-9-29-21/h3-12,20H,13H2,1-2H3/t20-/m1/s1. The number of benzene rings is 2. The second-order valence-corrected chi connectivity index (χ2v) is 7.87. The fourth-order valence-electron chi connectivity index (χ4n) is 3.35. The van der Waals surface area contributed by atoms with Crippen molar-refractivity contribution in [3.8, 4) is 11.5 Å². The summed E-state index contributed by atoms with van der Waals surface area (Å²) < 4.78 is 10.8. The molecule has 2 heterocycles. The minimum atomic E-state index is -0.287. The summed E-state index contributed by atoms with van der Waals surface area (Å²) in [4.78, 5) is 13.8. The highest BCUT2D eigenvalue weighted by Crippen LogP contribution is 2.38. The van der Waals surface area contributed by atoms with E-state index < -0.39 is 0 Å². The molecule has 4 rings (SSSR count). The Balaban J connectivity index is 1.77. The van der Waals surface area contributed by atoms with Gasteiger partial charge in [0.2, 0.25) is 0 Å². The molecule has 1 aliphatic heterocycles. The van der Waals surface area contributed by atoms with Crippen LogP contribution in [-0.2, 0) is 0 Å². The second kappa shape index (κ2) is 8.27. The van der Waals surface area contributed by atoms with Gasteiger partial charge in [0.05, 0.1) is 30.9 Å². The average Bonchev–Trinajstić information content (AvgIpc) is 3.43. The Morgan fingerprint density at radius 1 is 1.10 bits per heavy atom. The van der Waals surface area contributed by atoms with Crippen molar-refractivity contribution < 1.29 is 14.3 Å². The fourth-order valence-corrected chi connectivity index (χ4v) is 4.26. The van der Waals surface area contributed by atoms with E-state index in [1.807, 2.05) is 47.8 Å². The largest absolute Gasteiger partial charge is 0.497 e. The Bertz CT molecular complexity index is 1040. The summed E-state index contributed by atoms with van der Waals surface area (Å²) in [5, 5.41) is 8.73. The number of methoxy groups -OCH3 is 2. The van der Waals surface area contributed by atoms with Crippen molar-refractivity contribution in [2.75, 3.05) is 14.2 Å². The summed E-state index contributed by atoms with van der Waals surface area (Å²) in [5.41, 5.74) is 2.49. The molecule has 1 aromatic heterocycles. The van der Waals surface area contributed by atoms with Crippen molar-refractivity contribution in [3.63, 3.8) is 0 Å². The van der Waals surface area contributed by atoms with Crippen LogP contribution >= 0.6 is 22.9 Å². The molecule has 0 N–H and O–H groups in total. The lowest BCUT2D eigenvalue weighted by molar-refractivity contribution is 0.0716. The smallest absolute Gasteiger partial charge is 0.284 e. The topological polar surface area (TPSA) is 51.1 Å². The van der Waals surface area contributed by atoms with Crippen molar-refractivity contribution in [3.05, 3.63) is 81.0 Å². The molecule has 3 aromatic rings. The fraction of sp³-hybridized carbons (Fsp3) is 0.182. The van der Waals surface area contributed by atoms with E-state index in [0.29, 0.717) is 27.8 Å². The van der Waals surface area contributed by atoms with Crippen LogP contribution in [0, 0.1) is 0 Å². The van der Waals surface area contributed by atoms with E-state index in [1.54, 1.807) is 26.4 Å². The van der Waals surface area contributed by atoms with Gasteiger partial charge in [-0.3, -0.25) is 4.79 Å². The number of carbonyl (C=O) groups is 1. The van der Waals surface area contributed by atoms with Crippen LogP contribution < -0.4 is 9.47 Å². The number of amides is 1. The minimum absolute atomic E-state index is 0.144. The number of hydrogen-bond acceptors (Lipinski definition) is 5. The maximum atomic E-state index is 13.2. The molecule has 0 fully saturated rings. The molecule has 0 saturated heterocycles. The van der Waals surface area contributed by atoms with Crippen LogP contribution in [0.4, 0.5) is 0 Å². The first-order valence-corrected chi connectivity index (χ1v) is 10.3. The summed E-state index contributed by atoms with van der Waals surface area (Å²) in [6.07, 6.45) is 0.539. The highest BCUT2D eigenvalue weighted by molar-refractivity contribution is 7.12. The third kappa shape index (κ3) is 3.86. The van der Waals surface area contributed by atoms with Gasteiger partial charge in [-0.05, 0) is 35.2 Å². The van der Waals surface area contributed by atoms with E-state index in [0.717, 1.165) is 16.8 Å². The maximum absolute atomic E-state index is 13.2. The van der Waals surface area contributed by atoms with Crippen LogP contribution in [0.1, 0.15) is 33.3 Å². The molecule has 1 amide bonds. The van der Waals surface area contributed by atoms with E-state index in [2.05, 4.69) is 0 Å². The molecule has 2 aromatic carbocycles. The predicted octanol–water partition coefficient (Wildman–Crippen LogP) is 5.41. The molecule has 148 valence electrons. The van der Waals surface area contributed by atoms with Crippen LogP contribution in [0.25, 0.3) is 0 Å².